The van der Waals surface area contributed by atoms with E-state index in [0.29, 0.717) is 42.5 Å². The first-order chi connectivity index (χ1) is 13.9. The van der Waals surface area contributed by atoms with Gasteiger partial charge in [-0.25, -0.2) is 4.39 Å². The molecule has 5 nitrogen and oxygen atoms in total. The molecule has 0 aliphatic carbocycles. The summed E-state index contributed by atoms with van der Waals surface area (Å²) >= 11 is 12.1. The fourth-order valence-corrected chi connectivity index (χ4v) is 3.76. The van der Waals surface area contributed by atoms with Gasteiger partial charge in [0.05, 0.1) is 27.3 Å². The summed E-state index contributed by atoms with van der Waals surface area (Å²) in [5, 5.41) is 3.33. The van der Waals surface area contributed by atoms with Crippen molar-refractivity contribution < 1.29 is 14.0 Å². The lowest BCUT2D eigenvalue weighted by Gasteiger charge is -2.27. The third kappa shape index (κ3) is 5.26. The molecule has 3 rings (SSSR count). The maximum atomic E-state index is 13.2. The first-order valence-corrected chi connectivity index (χ1v) is 10.2. The summed E-state index contributed by atoms with van der Waals surface area (Å²) < 4.78 is 13.2. The normalized spacial score (nSPS) is 16.2. The van der Waals surface area contributed by atoms with Crippen LogP contribution in [-0.4, -0.2) is 53.8 Å². The van der Waals surface area contributed by atoms with Gasteiger partial charge in [-0.3, -0.25) is 14.5 Å². The number of carbonyl (C=O) groups excluding carboxylic acids is 2. The number of benzene rings is 2. The monoisotopic (exact) mass is 437 g/mol. The van der Waals surface area contributed by atoms with Crippen LogP contribution in [-0.2, 0) is 4.79 Å². The van der Waals surface area contributed by atoms with Gasteiger partial charge >= 0.3 is 0 Å². The number of rotatable bonds is 4. The zero-order chi connectivity index (χ0) is 21.0. The molecule has 0 spiro atoms. The molecule has 1 unspecified atom stereocenters. The van der Waals surface area contributed by atoms with Crippen LogP contribution in [0.25, 0.3) is 0 Å². The van der Waals surface area contributed by atoms with Crippen molar-refractivity contribution in [2.75, 3.05) is 31.5 Å². The minimum atomic E-state index is -0.461. The highest BCUT2D eigenvalue weighted by Crippen LogP contribution is 2.23. The number of anilines is 1. The number of amides is 2. The fraction of sp³-hybridized carbons (Fsp3) is 0.333. The Morgan fingerprint density at radius 2 is 1.79 bits per heavy atom. The molecule has 1 atom stereocenters. The molecule has 8 heteroatoms. The average Bonchev–Trinajstić information content (AvgIpc) is 2.95. The van der Waals surface area contributed by atoms with E-state index in [1.807, 2.05) is 4.90 Å². The Balaban J connectivity index is 1.61. The van der Waals surface area contributed by atoms with Crippen molar-refractivity contribution in [1.82, 2.24) is 9.80 Å². The number of nitrogens with one attached hydrogen (secondary N) is 1. The van der Waals surface area contributed by atoms with Gasteiger partial charge in [-0.1, -0.05) is 35.3 Å². The van der Waals surface area contributed by atoms with Crippen LogP contribution in [0.3, 0.4) is 0 Å². The van der Waals surface area contributed by atoms with Crippen LogP contribution < -0.4 is 5.32 Å². The van der Waals surface area contributed by atoms with E-state index in [4.69, 9.17) is 23.2 Å². The largest absolute Gasteiger partial charge is 0.337 e. The summed E-state index contributed by atoms with van der Waals surface area (Å²) in [7, 11) is 0. The second-order valence-electron chi connectivity index (χ2n) is 6.95. The van der Waals surface area contributed by atoms with E-state index < -0.39 is 11.9 Å². The van der Waals surface area contributed by atoms with Crippen LogP contribution >= 0.6 is 23.2 Å². The first kappa shape index (κ1) is 21.6. The predicted octanol–water partition coefficient (Wildman–Crippen LogP) is 4.31. The van der Waals surface area contributed by atoms with E-state index in [-0.39, 0.29) is 16.8 Å². The van der Waals surface area contributed by atoms with Gasteiger partial charge in [0.15, 0.2) is 0 Å². The van der Waals surface area contributed by atoms with E-state index in [0.717, 1.165) is 12.5 Å². The van der Waals surface area contributed by atoms with Crippen LogP contribution in [0, 0.1) is 5.82 Å². The Morgan fingerprint density at radius 3 is 2.52 bits per heavy atom. The summed E-state index contributed by atoms with van der Waals surface area (Å²) in [5.74, 6) is -0.797. The van der Waals surface area contributed by atoms with E-state index in [1.54, 1.807) is 36.1 Å². The van der Waals surface area contributed by atoms with Crippen molar-refractivity contribution in [2.24, 2.45) is 0 Å². The molecule has 1 N–H and O–H groups in total. The topological polar surface area (TPSA) is 52.7 Å². The molecule has 0 aromatic heterocycles. The number of halogens is 3. The molecule has 0 radical (unpaired) electrons. The minimum absolute atomic E-state index is 0.104. The molecule has 0 saturated carbocycles. The lowest BCUT2D eigenvalue weighted by molar-refractivity contribution is -0.120. The van der Waals surface area contributed by atoms with E-state index in [9.17, 15) is 14.0 Å². The van der Waals surface area contributed by atoms with Crippen molar-refractivity contribution in [3.05, 3.63) is 63.9 Å². The van der Waals surface area contributed by atoms with Gasteiger partial charge in [-0.2, -0.15) is 0 Å². The molecule has 1 aliphatic heterocycles. The molecule has 154 valence electrons. The van der Waals surface area contributed by atoms with E-state index >= 15 is 0 Å². The van der Waals surface area contributed by atoms with Crippen LogP contribution in [0.4, 0.5) is 10.1 Å². The van der Waals surface area contributed by atoms with Crippen molar-refractivity contribution in [3.8, 4) is 0 Å². The summed E-state index contributed by atoms with van der Waals surface area (Å²) in [6, 6.07) is 10.4. The third-order valence-corrected chi connectivity index (χ3v) is 5.68. The predicted molar refractivity (Wildman–Crippen MR) is 113 cm³/mol. The SMILES string of the molecule is CC(C(=O)Nc1ccc(F)cc1Cl)N1CCCN(C(=O)c2ccccc2Cl)CC1. The average molecular weight is 438 g/mol. The fourth-order valence-electron chi connectivity index (χ4n) is 3.33. The summed E-state index contributed by atoms with van der Waals surface area (Å²) in [6.45, 7) is 4.13. The van der Waals surface area contributed by atoms with Crippen LogP contribution in [0.15, 0.2) is 42.5 Å². The maximum absolute atomic E-state index is 13.2. The molecule has 1 aliphatic rings. The number of hydrogen-bond acceptors (Lipinski definition) is 3. The van der Waals surface area contributed by atoms with Crippen molar-refractivity contribution in [2.45, 2.75) is 19.4 Å². The lowest BCUT2D eigenvalue weighted by atomic mass is 10.2. The zero-order valence-corrected chi connectivity index (χ0v) is 17.5. The summed E-state index contributed by atoms with van der Waals surface area (Å²) in [4.78, 5) is 29.2. The molecule has 0 bridgehead atoms. The number of hydrogen-bond donors (Lipinski definition) is 1. The second kappa shape index (κ2) is 9.57. The Labute approximate surface area is 179 Å². The highest BCUT2D eigenvalue weighted by molar-refractivity contribution is 6.34. The smallest absolute Gasteiger partial charge is 0.255 e. The van der Waals surface area contributed by atoms with Gasteiger partial charge in [0.25, 0.3) is 5.91 Å². The standard InChI is InChI=1S/C21H22Cl2FN3O2/c1-14(20(28)25-19-8-7-15(24)13-18(19)23)26-9-4-10-27(12-11-26)21(29)16-5-2-3-6-17(16)22/h2-3,5-8,13-14H,4,9-12H2,1H3,(H,25,28). The van der Waals surface area contributed by atoms with Gasteiger partial charge in [0, 0.05) is 26.2 Å². The molecule has 1 saturated heterocycles. The second-order valence-corrected chi connectivity index (χ2v) is 7.77. The summed E-state index contributed by atoms with van der Waals surface area (Å²) in [6.07, 6.45) is 0.741. The Bertz CT molecular complexity index is 909. The molecule has 2 aromatic carbocycles. The molecular formula is C21H22Cl2FN3O2. The van der Waals surface area contributed by atoms with Crippen molar-refractivity contribution >= 4 is 40.7 Å². The maximum Gasteiger partial charge on any atom is 0.255 e. The van der Waals surface area contributed by atoms with Gasteiger partial charge in [-0.05, 0) is 43.7 Å². The van der Waals surface area contributed by atoms with Crippen LogP contribution in [0.2, 0.25) is 10.0 Å². The summed E-state index contributed by atoms with van der Waals surface area (Å²) in [5.41, 5.74) is 0.856. The molecule has 2 aromatic rings. The highest BCUT2D eigenvalue weighted by atomic mass is 35.5. The highest BCUT2D eigenvalue weighted by Gasteiger charge is 2.27. The first-order valence-electron chi connectivity index (χ1n) is 9.40. The Hall–Kier alpha value is -2.15. The van der Waals surface area contributed by atoms with E-state index in [1.165, 1.54) is 12.1 Å². The molecule has 1 heterocycles. The molecule has 1 fully saturated rings. The minimum Gasteiger partial charge on any atom is -0.337 e. The van der Waals surface area contributed by atoms with Gasteiger partial charge < -0.3 is 10.2 Å². The lowest BCUT2D eigenvalue weighted by Crippen LogP contribution is -2.44. The van der Waals surface area contributed by atoms with Gasteiger partial charge in [0.2, 0.25) is 5.91 Å². The van der Waals surface area contributed by atoms with Crippen LogP contribution in [0.1, 0.15) is 23.7 Å². The Kier molecular flexibility index (Phi) is 7.11. The molecule has 2 amide bonds. The molecule has 29 heavy (non-hydrogen) atoms. The zero-order valence-electron chi connectivity index (χ0n) is 16.0. The molecular weight excluding hydrogens is 416 g/mol. The quantitative estimate of drug-likeness (QED) is 0.774. The third-order valence-electron chi connectivity index (χ3n) is 5.04. The Morgan fingerprint density at radius 1 is 1.03 bits per heavy atom. The number of nitrogens with zero attached hydrogens (tertiary/aromatic N) is 2. The van der Waals surface area contributed by atoms with Crippen molar-refractivity contribution in [3.63, 3.8) is 0 Å². The van der Waals surface area contributed by atoms with Crippen molar-refractivity contribution in [1.29, 1.82) is 0 Å². The number of carbonyl (C=O) groups is 2. The van der Waals surface area contributed by atoms with Crippen LogP contribution in [0.5, 0.6) is 0 Å². The van der Waals surface area contributed by atoms with E-state index in [2.05, 4.69) is 5.32 Å². The van der Waals surface area contributed by atoms with Gasteiger partial charge in [0.1, 0.15) is 5.82 Å². The van der Waals surface area contributed by atoms with Gasteiger partial charge in [-0.15, -0.1) is 0 Å².